The molecule has 16 heteroatoms. The van der Waals surface area contributed by atoms with Gasteiger partial charge in [0.15, 0.2) is 11.6 Å². The van der Waals surface area contributed by atoms with Crippen LogP contribution in [-0.2, 0) is 10.0 Å². The average Bonchev–Trinajstić information content (AvgIpc) is 3.64. The predicted octanol–water partition coefficient (Wildman–Crippen LogP) is 5.64. The van der Waals surface area contributed by atoms with Crippen LogP contribution >= 0.6 is 0 Å². The number of hydrogen-bond donors (Lipinski definition) is 3. The van der Waals surface area contributed by atoms with Crippen molar-refractivity contribution in [2.45, 2.75) is 18.2 Å². The van der Waals surface area contributed by atoms with Crippen LogP contribution in [-0.4, -0.2) is 52.0 Å². The Kier molecular flexibility index (Phi) is 8.25. The fourth-order valence-corrected chi connectivity index (χ4v) is 5.68. The Labute approximate surface area is 265 Å². The van der Waals surface area contributed by atoms with E-state index >= 15 is 0 Å². The first kappa shape index (κ1) is 31.1. The maximum Gasteiger partial charge on any atom is 0.272 e. The maximum atomic E-state index is 14.0. The topological polar surface area (TPSA) is 167 Å². The zero-order valence-corrected chi connectivity index (χ0v) is 25.1. The van der Waals surface area contributed by atoms with Crippen LogP contribution in [0.4, 0.5) is 24.7 Å². The zero-order chi connectivity index (χ0) is 33.3. The number of alkyl halides is 2. The largest absolute Gasteiger partial charge is 0.485 e. The molecule has 0 saturated heterocycles. The van der Waals surface area contributed by atoms with Gasteiger partial charge in [0, 0.05) is 29.4 Å². The second-order valence-corrected chi connectivity index (χ2v) is 11.8. The Morgan fingerprint density at radius 3 is 2.60 bits per heavy atom. The predicted molar refractivity (Wildman–Crippen MR) is 165 cm³/mol. The van der Waals surface area contributed by atoms with Crippen LogP contribution in [0, 0.1) is 12.7 Å². The normalized spacial score (nSPS) is 11.6. The van der Waals surface area contributed by atoms with Crippen LogP contribution in [0.3, 0.4) is 0 Å². The van der Waals surface area contributed by atoms with Crippen molar-refractivity contribution in [1.82, 2.24) is 24.7 Å². The van der Waals surface area contributed by atoms with Crippen LogP contribution in [0.5, 0.6) is 17.4 Å². The van der Waals surface area contributed by atoms with Crippen LogP contribution in [0.25, 0.3) is 16.6 Å². The molecule has 0 aliphatic carbocycles. The van der Waals surface area contributed by atoms with Crippen molar-refractivity contribution in [2.75, 3.05) is 17.1 Å². The number of aryl methyl sites for hydroxylation is 1. The minimum atomic E-state index is -4.17. The first-order valence-corrected chi connectivity index (χ1v) is 15.3. The number of nitrogen functional groups attached to an aromatic ring is 1. The molecular weight excluding hydrogens is 639 g/mol. The lowest BCUT2D eigenvalue weighted by atomic mass is 10.1. The minimum absolute atomic E-state index is 0.00250. The van der Waals surface area contributed by atoms with Gasteiger partial charge in [0.2, 0.25) is 11.7 Å². The quantitative estimate of drug-likeness (QED) is 0.149. The molecule has 4 N–H and O–H groups in total. The number of aromatic nitrogens is 5. The molecule has 240 valence electrons. The number of sulfonamides is 1. The number of halogens is 3. The molecule has 6 aromatic rings. The van der Waals surface area contributed by atoms with E-state index < -0.39 is 34.7 Å². The number of ketones is 1. The molecule has 4 heterocycles. The molecule has 0 fully saturated rings. The standard InChI is InChI=1S/C31H24F3N7O5S/c1-17-9-29(46-26-7-3-2-6-21(26)32)37-15-25(17)41-31(35)20(14-38-41)30(42)24-10-18-11-27(45-16-28(33)34)23(12-22(18)39-24)40-47(43,44)19-5-4-8-36-13-19/h2-15,28,39-40H,16,35H2,1H3. The highest BCUT2D eigenvalue weighted by atomic mass is 32.2. The fourth-order valence-electron chi connectivity index (χ4n) is 4.65. The number of carbonyl (C=O) groups excluding carboxylic acids is 1. The van der Waals surface area contributed by atoms with Gasteiger partial charge in [-0.3, -0.25) is 14.5 Å². The van der Waals surface area contributed by atoms with Crippen molar-refractivity contribution >= 4 is 38.2 Å². The van der Waals surface area contributed by atoms with Gasteiger partial charge in [-0.2, -0.15) is 5.10 Å². The molecule has 0 spiro atoms. The lowest BCUT2D eigenvalue weighted by Crippen LogP contribution is -2.15. The second-order valence-electron chi connectivity index (χ2n) is 10.1. The number of pyridine rings is 2. The Balaban J connectivity index is 1.29. The number of nitrogens with two attached hydrogens (primary N) is 1. The third kappa shape index (κ3) is 6.44. The lowest BCUT2D eigenvalue weighted by Gasteiger charge is -2.14. The molecule has 0 unspecified atom stereocenters. The molecule has 4 aromatic heterocycles. The molecule has 47 heavy (non-hydrogen) atoms. The molecule has 12 nitrogen and oxygen atoms in total. The number of H-pyrrole nitrogens is 1. The summed E-state index contributed by atoms with van der Waals surface area (Å²) in [6, 6.07) is 14.3. The number of benzene rings is 2. The van der Waals surface area contributed by atoms with E-state index in [2.05, 4.69) is 24.8 Å². The van der Waals surface area contributed by atoms with E-state index in [1.807, 2.05) is 0 Å². The smallest absolute Gasteiger partial charge is 0.272 e. The number of para-hydroxylation sites is 1. The van der Waals surface area contributed by atoms with Gasteiger partial charge in [0.25, 0.3) is 16.4 Å². The van der Waals surface area contributed by atoms with Crippen LogP contribution in [0.2, 0.25) is 0 Å². The average molecular weight is 664 g/mol. The van der Waals surface area contributed by atoms with Gasteiger partial charge in [-0.25, -0.2) is 31.3 Å². The number of fused-ring (bicyclic) bond motifs is 1. The molecule has 2 aromatic carbocycles. The summed E-state index contributed by atoms with van der Waals surface area (Å²) >= 11 is 0. The highest BCUT2D eigenvalue weighted by Gasteiger charge is 2.23. The van der Waals surface area contributed by atoms with Gasteiger partial charge >= 0.3 is 0 Å². The van der Waals surface area contributed by atoms with Crippen LogP contribution in [0.1, 0.15) is 21.6 Å². The molecular formula is C31H24F3N7O5S. The maximum absolute atomic E-state index is 14.0. The third-order valence-electron chi connectivity index (χ3n) is 6.91. The Hall–Kier alpha value is -5.90. The van der Waals surface area contributed by atoms with E-state index in [1.165, 1.54) is 71.8 Å². The van der Waals surface area contributed by atoms with Crippen LogP contribution in [0.15, 0.2) is 90.3 Å². The molecule has 0 saturated carbocycles. The van der Waals surface area contributed by atoms with Crippen LogP contribution < -0.4 is 19.9 Å². The van der Waals surface area contributed by atoms with Crippen molar-refractivity contribution < 1.29 is 35.9 Å². The number of rotatable bonds is 11. The first-order chi connectivity index (χ1) is 22.5. The SMILES string of the molecule is Cc1cc(Oc2ccccc2F)ncc1-n1ncc(C(=O)c2cc3cc(OCC(F)F)c(NS(=O)(=O)c4cccnc4)cc3[nH]2)c1N. The summed E-state index contributed by atoms with van der Waals surface area (Å²) in [5.74, 6) is -1.15. The summed E-state index contributed by atoms with van der Waals surface area (Å²) in [5.41, 5.74) is 7.65. The number of hydrogen-bond acceptors (Lipinski definition) is 9. The molecule has 0 bridgehead atoms. The summed E-state index contributed by atoms with van der Waals surface area (Å²) in [5, 5.41) is 4.63. The van der Waals surface area contributed by atoms with Crippen molar-refractivity contribution in [2.24, 2.45) is 0 Å². The summed E-state index contributed by atoms with van der Waals surface area (Å²) in [6.45, 7) is 0.739. The molecule has 0 radical (unpaired) electrons. The molecule has 6 rings (SSSR count). The van der Waals surface area contributed by atoms with Crippen molar-refractivity contribution in [3.8, 4) is 23.1 Å². The lowest BCUT2D eigenvalue weighted by molar-refractivity contribution is 0.0823. The number of nitrogens with one attached hydrogen (secondary N) is 2. The first-order valence-electron chi connectivity index (χ1n) is 13.8. The van der Waals surface area contributed by atoms with Gasteiger partial charge in [0.05, 0.1) is 35.0 Å². The third-order valence-corrected chi connectivity index (χ3v) is 8.26. The highest BCUT2D eigenvalue weighted by molar-refractivity contribution is 7.92. The monoisotopic (exact) mass is 663 g/mol. The van der Waals surface area contributed by atoms with E-state index in [0.717, 1.165) is 6.20 Å². The Bertz CT molecular complexity index is 2220. The van der Waals surface area contributed by atoms with E-state index in [4.69, 9.17) is 15.2 Å². The van der Waals surface area contributed by atoms with Gasteiger partial charge < -0.3 is 20.2 Å². The van der Waals surface area contributed by atoms with Crippen molar-refractivity contribution in [3.05, 3.63) is 108 Å². The van der Waals surface area contributed by atoms with Crippen molar-refractivity contribution in [1.29, 1.82) is 0 Å². The summed E-state index contributed by atoms with van der Waals surface area (Å²) < 4.78 is 80.3. The number of aromatic amines is 1. The number of nitrogens with zero attached hydrogens (tertiary/aromatic N) is 4. The molecule has 0 amide bonds. The van der Waals surface area contributed by atoms with Gasteiger partial charge in [-0.05, 0) is 55.0 Å². The Morgan fingerprint density at radius 2 is 1.87 bits per heavy atom. The molecule has 0 aliphatic heterocycles. The van der Waals surface area contributed by atoms with Gasteiger partial charge in [0.1, 0.15) is 23.1 Å². The number of ether oxygens (including phenoxy) is 2. The highest BCUT2D eigenvalue weighted by Crippen LogP contribution is 2.34. The Morgan fingerprint density at radius 1 is 1.06 bits per heavy atom. The van der Waals surface area contributed by atoms with E-state index in [0.29, 0.717) is 22.2 Å². The number of carbonyl (C=O) groups is 1. The summed E-state index contributed by atoms with van der Waals surface area (Å²) in [6.07, 6.45) is 2.39. The van der Waals surface area contributed by atoms with E-state index in [-0.39, 0.29) is 45.0 Å². The van der Waals surface area contributed by atoms with Crippen molar-refractivity contribution in [3.63, 3.8) is 0 Å². The molecule has 0 aliphatic rings. The second kappa shape index (κ2) is 12.5. The van der Waals surface area contributed by atoms with E-state index in [1.54, 1.807) is 19.1 Å². The number of anilines is 2. The fraction of sp³-hybridized carbons (Fsp3) is 0.0968. The minimum Gasteiger partial charge on any atom is -0.485 e. The van der Waals surface area contributed by atoms with Gasteiger partial charge in [-0.15, -0.1) is 0 Å². The molecule has 0 atom stereocenters. The van der Waals surface area contributed by atoms with Gasteiger partial charge in [-0.1, -0.05) is 12.1 Å². The summed E-state index contributed by atoms with van der Waals surface area (Å²) in [7, 11) is -4.17. The summed E-state index contributed by atoms with van der Waals surface area (Å²) in [4.78, 5) is 24.3. The van der Waals surface area contributed by atoms with E-state index in [9.17, 15) is 26.4 Å². The zero-order valence-electron chi connectivity index (χ0n) is 24.3.